The van der Waals surface area contributed by atoms with Crippen molar-refractivity contribution < 1.29 is 0 Å². The molecule has 1 aliphatic heterocycles. The molecule has 1 saturated carbocycles. The summed E-state index contributed by atoms with van der Waals surface area (Å²) in [5.41, 5.74) is 1.20. The lowest BCUT2D eigenvalue weighted by Crippen LogP contribution is -2.26. The standard InChI is InChI=1S/C15H20N4S/c1-2-12(14-17-5-7-19(14)6-1)8-16-9-13-10-20-15(18-13)11-3-4-11/h5,7,10-12,16H,1-4,6,8-9H2/t12-/m0/s1. The first-order valence-electron chi connectivity index (χ1n) is 7.56. The van der Waals surface area contributed by atoms with Crippen LogP contribution in [0.15, 0.2) is 17.8 Å². The van der Waals surface area contributed by atoms with Gasteiger partial charge in [0.25, 0.3) is 0 Å². The number of imidazole rings is 1. The van der Waals surface area contributed by atoms with E-state index in [0.29, 0.717) is 5.92 Å². The molecule has 1 fully saturated rings. The molecule has 3 heterocycles. The molecule has 0 amide bonds. The summed E-state index contributed by atoms with van der Waals surface area (Å²) in [6.07, 6.45) is 9.21. The van der Waals surface area contributed by atoms with Crippen LogP contribution in [0.2, 0.25) is 0 Å². The summed E-state index contributed by atoms with van der Waals surface area (Å²) >= 11 is 1.83. The van der Waals surface area contributed by atoms with Gasteiger partial charge in [-0.25, -0.2) is 9.97 Å². The Kier molecular flexibility index (Phi) is 3.32. The maximum absolute atomic E-state index is 4.72. The number of hydrogen-bond acceptors (Lipinski definition) is 4. The maximum Gasteiger partial charge on any atom is 0.113 e. The third-order valence-electron chi connectivity index (χ3n) is 4.26. The van der Waals surface area contributed by atoms with Crippen molar-refractivity contribution in [2.45, 2.75) is 50.6 Å². The van der Waals surface area contributed by atoms with E-state index < -0.39 is 0 Å². The topological polar surface area (TPSA) is 42.7 Å². The van der Waals surface area contributed by atoms with Crippen LogP contribution in [0.25, 0.3) is 0 Å². The molecule has 1 atom stereocenters. The predicted octanol–water partition coefficient (Wildman–Crippen LogP) is 2.88. The summed E-state index contributed by atoms with van der Waals surface area (Å²) < 4.78 is 2.30. The minimum atomic E-state index is 0.556. The number of aryl methyl sites for hydroxylation is 1. The first kappa shape index (κ1) is 12.5. The van der Waals surface area contributed by atoms with Gasteiger partial charge in [0.15, 0.2) is 0 Å². The van der Waals surface area contributed by atoms with E-state index in [2.05, 4.69) is 26.4 Å². The van der Waals surface area contributed by atoms with Crippen LogP contribution in [0.5, 0.6) is 0 Å². The van der Waals surface area contributed by atoms with Crippen LogP contribution in [0.3, 0.4) is 0 Å². The van der Waals surface area contributed by atoms with Gasteiger partial charge in [0.2, 0.25) is 0 Å². The maximum atomic E-state index is 4.72. The van der Waals surface area contributed by atoms with Gasteiger partial charge in [0.05, 0.1) is 10.7 Å². The van der Waals surface area contributed by atoms with E-state index in [1.165, 1.54) is 42.2 Å². The summed E-state index contributed by atoms with van der Waals surface area (Å²) in [7, 11) is 0. The number of rotatable bonds is 5. The van der Waals surface area contributed by atoms with E-state index in [9.17, 15) is 0 Å². The number of nitrogens with zero attached hydrogens (tertiary/aromatic N) is 3. The monoisotopic (exact) mass is 288 g/mol. The van der Waals surface area contributed by atoms with Crippen LogP contribution in [0.1, 0.15) is 54.0 Å². The molecule has 1 aliphatic carbocycles. The van der Waals surface area contributed by atoms with Crippen LogP contribution < -0.4 is 5.32 Å². The summed E-state index contributed by atoms with van der Waals surface area (Å²) in [4.78, 5) is 9.23. The number of hydrogen-bond donors (Lipinski definition) is 1. The summed E-state index contributed by atoms with van der Waals surface area (Å²) in [5.74, 6) is 2.58. The zero-order valence-electron chi connectivity index (χ0n) is 11.6. The molecular formula is C15H20N4S. The molecule has 0 radical (unpaired) electrons. The van der Waals surface area contributed by atoms with Crippen LogP contribution in [0.4, 0.5) is 0 Å². The summed E-state index contributed by atoms with van der Waals surface area (Å²) in [6, 6.07) is 0. The molecule has 4 nitrogen and oxygen atoms in total. The fraction of sp³-hybridized carbons (Fsp3) is 0.600. The Morgan fingerprint density at radius 1 is 1.35 bits per heavy atom. The molecule has 0 bridgehead atoms. The van der Waals surface area contributed by atoms with E-state index in [1.807, 2.05) is 17.5 Å². The quantitative estimate of drug-likeness (QED) is 0.920. The highest BCUT2D eigenvalue weighted by molar-refractivity contribution is 7.09. The SMILES string of the molecule is c1cn2c(n1)[C@H](CNCc1csc(C3CC3)n1)CCC2. The molecule has 5 heteroatoms. The van der Waals surface area contributed by atoms with Crippen molar-refractivity contribution in [2.24, 2.45) is 0 Å². The zero-order chi connectivity index (χ0) is 13.4. The molecule has 0 saturated heterocycles. The molecule has 4 rings (SSSR count). The van der Waals surface area contributed by atoms with E-state index in [-0.39, 0.29) is 0 Å². The third-order valence-corrected chi connectivity index (χ3v) is 5.31. The van der Waals surface area contributed by atoms with Gasteiger partial charge in [-0.1, -0.05) is 0 Å². The number of aromatic nitrogens is 3. The van der Waals surface area contributed by atoms with Crippen LogP contribution in [0, 0.1) is 0 Å². The molecule has 106 valence electrons. The van der Waals surface area contributed by atoms with Gasteiger partial charge < -0.3 is 9.88 Å². The van der Waals surface area contributed by atoms with E-state index in [1.54, 1.807) is 0 Å². The molecule has 0 unspecified atom stereocenters. The molecule has 0 aromatic carbocycles. The summed E-state index contributed by atoms with van der Waals surface area (Å²) in [5, 5.41) is 7.12. The van der Waals surface area contributed by atoms with E-state index >= 15 is 0 Å². The van der Waals surface area contributed by atoms with Gasteiger partial charge in [-0.2, -0.15) is 0 Å². The second-order valence-electron chi connectivity index (χ2n) is 5.90. The third kappa shape index (κ3) is 2.52. The molecule has 20 heavy (non-hydrogen) atoms. The molecular weight excluding hydrogens is 268 g/mol. The molecule has 1 N–H and O–H groups in total. The van der Waals surface area contributed by atoms with E-state index in [0.717, 1.165) is 25.6 Å². The Balaban J connectivity index is 1.32. The van der Waals surface area contributed by atoms with Crippen molar-refractivity contribution in [1.82, 2.24) is 19.9 Å². The van der Waals surface area contributed by atoms with Crippen molar-refractivity contribution in [1.29, 1.82) is 0 Å². The van der Waals surface area contributed by atoms with Gasteiger partial charge in [-0.15, -0.1) is 11.3 Å². The predicted molar refractivity (Wildman–Crippen MR) is 80.0 cm³/mol. The van der Waals surface area contributed by atoms with E-state index in [4.69, 9.17) is 4.98 Å². The zero-order valence-corrected chi connectivity index (χ0v) is 12.4. The van der Waals surface area contributed by atoms with Crippen LogP contribution >= 0.6 is 11.3 Å². The molecule has 2 aromatic rings. The lowest BCUT2D eigenvalue weighted by Gasteiger charge is -2.23. The smallest absolute Gasteiger partial charge is 0.113 e. The molecule has 0 spiro atoms. The Labute approximate surface area is 123 Å². The number of nitrogens with one attached hydrogen (secondary N) is 1. The lowest BCUT2D eigenvalue weighted by molar-refractivity contribution is 0.422. The van der Waals surface area contributed by atoms with Gasteiger partial charge in [0.1, 0.15) is 5.82 Å². The Morgan fingerprint density at radius 3 is 3.20 bits per heavy atom. The van der Waals surface area contributed by atoms with Crippen LogP contribution in [-0.2, 0) is 13.1 Å². The van der Waals surface area contributed by atoms with Crippen molar-refractivity contribution in [2.75, 3.05) is 6.54 Å². The average Bonchev–Trinajstić information content (AvgIpc) is 3.01. The van der Waals surface area contributed by atoms with Gasteiger partial charge in [0, 0.05) is 49.2 Å². The second kappa shape index (κ2) is 5.30. The fourth-order valence-electron chi connectivity index (χ4n) is 3.00. The minimum Gasteiger partial charge on any atom is -0.335 e. The largest absolute Gasteiger partial charge is 0.335 e. The highest BCUT2D eigenvalue weighted by atomic mass is 32.1. The average molecular weight is 288 g/mol. The van der Waals surface area contributed by atoms with Crippen molar-refractivity contribution in [3.8, 4) is 0 Å². The van der Waals surface area contributed by atoms with Crippen molar-refractivity contribution >= 4 is 11.3 Å². The Bertz CT molecular complexity index is 584. The number of fused-ring (bicyclic) bond motifs is 1. The first-order chi connectivity index (χ1) is 9.90. The first-order valence-corrected chi connectivity index (χ1v) is 8.44. The molecule has 2 aromatic heterocycles. The van der Waals surface area contributed by atoms with Crippen molar-refractivity contribution in [3.63, 3.8) is 0 Å². The highest BCUT2D eigenvalue weighted by Crippen LogP contribution is 2.41. The normalized spacial score (nSPS) is 21.9. The van der Waals surface area contributed by atoms with Crippen LogP contribution in [-0.4, -0.2) is 21.1 Å². The Hall–Kier alpha value is -1.20. The summed E-state index contributed by atoms with van der Waals surface area (Å²) in [6.45, 7) is 3.02. The van der Waals surface area contributed by atoms with Gasteiger partial charge in [-0.3, -0.25) is 0 Å². The second-order valence-corrected chi connectivity index (χ2v) is 6.79. The Morgan fingerprint density at radius 2 is 2.30 bits per heavy atom. The highest BCUT2D eigenvalue weighted by Gasteiger charge is 2.26. The number of thiazole rings is 1. The van der Waals surface area contributed by atoms with Gasteiger partial charge >= 0.3 is 0 Å². The minimum absolute atomic E-state index is 0.556. The van der Waals surface area contributed by atoms with Gasteiger partial charge in [-0.05, 0) is 25.7 Å². The lowest BCUT2D eigenvalue weighted by atomic mass is 9.99. The molecule has 2 aliphatic rings. The van der Waals surface area contributed by atoms with Crippen molar-refractivity contribution in [3.05, 3.63) is 34.3 Å². The fourth-order valence-corrected chi connectivity index (χ4v) is 3.99.